The van der Waals surface area contributed by atoms with Gasteiger partial charge in [0.2, 0.25) is 0 Å². The topological polar surface area (TPSA) is 13.1 Å². The Morgan fingerprint density at radius 1 is 0.417 bits per heavy atom. The maximum absolute atomic E-state index is 8.92. The van der Waals surface area contributed by atoms with Crippen molar-refractivity contribution in [3.05, 3.63) is 170 Å². The molecular weight excluding hydrogens is 601 g/mol. The Kier molecular flexibility index (Phi) is 4.28. The summed E-state index contributed by atoms with van der Waals surface area (Å²) in [6, 6.07) is 30.7. The second kappa shape index (κ2) is 10.8. The van der Waals surface area contributed by atoms with Crippen molar-refractivity contribution >= 4 is 64.2 Å². The zero-order valence-electron chi connectivity index (χ0n) is 35.2. The fourth-order valence-corrected chi connectivity index (χ4v) is 8.11. The molecule has 0 aliphatic heterocycles. The van der Waals surface area contributed by atoms with Gasteiger partial charge in [-0.15, -0.1) is 11.3 Å². The average molecular weight is 639 g/mol. The van der Waals surface area contributed by atoms with E-state index >= 15 is 0 Å². The molecule has 2 heteroatoms. The average Bonchev–Trinajstić information content (AvgIpc) is 3.81. The quantitative estimate of drug-likeness (QED) is 0.187. The molecule has 0 spiro atoms. The first-order chi connectivity index (χ1) is 27.9. The number of hydrogen-bond acceptors (Lipinski definition) is 2. The maximum Gasteiger partial charge on any atom is 0.144 e. The zero-order chi connectivity index (χ0) is 40.3. The summed E-state index contributed by atoms with van der Waals surface area (Å²) >= 11 is 1.73. The summed E-state index contributed by atoms with van der Waals surface area (Å²) in [5.41, 5.74) is 4.64. The molecule has 0 atom stereocenters. The molecule has 0 unspecified atom stereocenters. The molecule has 2 heterocycles. The third-order valence-corrected chi connectivity index (χ3v) is 10.1. The maximum atomic E-state index is 8.92. The molecule has 0 bridgehead atoms. The highest BCUT2D eigenvalue weighted by molar-refractivity contribution is 7.25. The smallest absolute Gasteiger partial charge is 0.144 e. The van der Waals surface area contributed by atoms with Gasteiger partial charge in [-0.2, -0.15) is 0 Å². The van der Waals surface area contributed by atoms with Crippen molar-refractivity contribution < 1.29 is 18.1 Å². The van der Waals surface area contributed by atoms with Gasteiger partial charge in [0.15, 0.2) is 0 Å². The van der Waals surface area contributed by atoms with Crippen LogP contribution in [0.5, 0.6) is 0 Å². The molecule has 0 saturated heterocycles. The number of rotatable bonds is 4. The van der Waals surface area contributed by atoms with Crippen LogP contribution in [-0.2, 0) is 0 Å². The first kappa shape index (κ1) is 19.0. The Morgan fingerprint density at radius 2 is 0.979 bits per heavy atom. The van der Waals surface area contributed by atoms with Gasteiger partial charge in [-0.1, -0.05) is 133 Å². The molecule has 0 aliphatic carbocycles. The third kappa shape index (κ3) is 4.24. The van der Waals surface area contributed by atoms with E-state index in [0.717, 1.165) is 42.8 Å². The van der Waals surface area contributed by atoms with Crippen LogP contribution in [0.4, 0.5) is 0 Å². The van der Waals surface area contributed by atoms with E-state index < -0.39 is 60.4 Å². The minimum atomic E-state index is -0.539. The molecule has 0 fully saturated rings. The van der Waals surface area contributed by atoms with Crippen LogP contribution >= 0.6 is 11.3 Å². The van der Waals surface area contributed by atoms with Crippen molar-refractivity contribution in [1.82, 2.24) is 0 Å². The van der Waals surface area contributed by atoms with Crippen LogP contribution in [0.25, 0.3) is 97.4 Å². The van der Waals surface area contributed by atoms with Crippen molar-refractivity contribution in [3.8, 4) is 44.5 Å². The number of benzene rings is 8. The first-order valence-corrected chi connectivity index (χ1v) is 16.3. The second-order valence-electron chi connectivity index (χ2n) is 11.7. The highest BCUT2D eigenvalue weighted by Crippen LogP contribution is 2.49. The predicted octanol–water partition coefficient (Wildman–Crippen LogP) is 13.8. The molecule has 224 valence electrons. The van der Waals surface area contributed by atoms with Gasteiger partial charge < -0.3 is 4.42 Å². The fraction of sp³-hybridized carbons (Fsp3) is 0. The molecular formula is C46H28OS. The molecule has 0 aliphatic rings. The molecule has 10 aromatic rings. The molecule has 10 rings (SSSR count). The summed E-state index contributed by atoms with van der Waals surface area (Å²) in [7, 11) is 0. The SMILES string of the molecule is [2H]c1c([2H])c([2H])c(-c2cc(-c3c([2H])c([2H])c([2H])c([2H])c3[2H])cc(-c3c4ccccc4c(-c4ccc5c(c4)sc4ccccc45)c4oc5ccccc5c34)c2)c([2H])c1[2H]. The minimum Gasteiger partial charge on any atom is -0.455 e. The Bertz CT molecular complexity index is 3270. The van der Waals surface area contributed by atoms with Crippen LogP contribution in [0.1, 0.15) is 13.7 Å². The molecule has 2 aromatic heterocycles. The number of furan rings is 1. The van der Waals surface area contributed by atoms with E-state index in [9.17, 15) is 0 Å². The van der Waals surface area contributed by atoms with Crippen molar-refractivity contribution in [2.45, 2.75) is 0 Å². The Morgan fingerprint density at radius 3 is 1.69 bits per heavy atom. The summed E-state index contributed by atoms with van der Waals surface area (Å²) in [4.78, 5) is 0. The third-order valence-electron chi connectivity index (χ3n) is 9.00. The lowest BCUT2D eigenvalue weighted by atomic mass is 9.86. The van der Waals surface area contributed by atoms with E-state index in [1.165, 1.54) is 16.2 Å². The molecule has 8 aromatic carbocycles. The molecule has 48 heavy (non-hydrogen) atoms. The lowest BCUT2D eigenvalue weighted by molar-refractivity contribution is 0.670. The van der Waals surface area contributed by atoms with E-state index in [1.54, 1.807) is 23.5 Å². The lowest BCUT2D eigenvalue weighted by Gasteiger charge is -2.17. The normalized spacial score (nSPS) is 14.7. The highest BCUT2D eigenvalue weighted by atomic mass is 32.1. The second-order valence-corrected chi connectivity index (χ2v) is 12.8. The Hall–Kier alpha value is -5.96. The minimum absolute atomic E-state index is 0.0766. The van der Waals surface area contributed by atoms with E-state index in [0.29, 0.717) is 22.3 Å². The van der Waals surface area contributed by atoms with Crippen LogP contribution < -0.4 is 0 Å². The van der Waals surface area contributed by atoms with Crippen molar-refractivity contribution in [2.24, 2.45) is 0 Å². The molecule has 0 amide bonds. The summed E-state index contributed by atoms with van der Waals surface area (Å²) < 4.78 is 95.3. The zero-order valence-corrected chi connectivity index (χ0v) is 26.0. The fourth-order valence-electron chi connectivity index (χ4n) is 6.96. The van der Waals surface area contributed by atoms with Crippen molar-refractivity contribution in [3.63, 3.8) is 0 Å². The first-order valence-electron chi connectivity index (χ1n) is 20.5. The standard InChI is InChI=1S/C46H28OS/c1-3-13-29(14-4-1)32-25-33(30-15-5-2-6-16-30)27-34(26-32)43-37-18-7-8-19-38(37)44(46-45(43)39-20-9-11-21-40(39)47-46)31-23-24-36-35-17-10-12-22-41(35)48-42(36)28-31/h1-28H/i1D,2D,3D,4D,5D,6D,13D,14D,15D,16D. The van der Waals surface area contributed by atoms with Gasteiger partial charge >= 0.3 is 0 Å². The Labute approximate surface area is 296 Å². The Balaban J connectivity index is 1.36. The van der Waals surface area contributed by atoms with Crippen LogP contribution in [-0.4, -0.2) is 0 Å². The predicted molar refractivity (Wildman–Crippen MR) is 206 cm³/mol. The molecule has 1 nitrogen and oxygen atoms in total. The van der Waals surface area contributed by atoms with Crippen LogP contribution in [0.15, 0.2) is 174 Å². The number of thiophene rings is 1. The summed E-state index contributed by atoms with van der Waals surface area (Å²) in [6.45, 7) is 0. The highest BCUT2D eigenvalue weighted by Gasteiger charge is 2.23. The largest absolute Gasteiger partial charge is 0.455 e. The summed E-state index contributed by atoms with van der Waals surface area (Å²) in [5, 5.41) is 5.65. The van der Waals surface area contributed by atoms with Gasteiger partial charge in [0.1, 0.15) is 11.2 Å². The van der Waals surface area contributed by atoms with Crippen LogP contribution in [0.2, 0.25) is 0 Å². The number of para-hydroxylation sites is 1. The van der Waals surface area contributed by atoms with Gasteiger partial charge in [0.25, 0.3) is 0 Å². The lowest BCUT2D eigenvalue weighted by Crippen LogP contribution is -1.91. The molecule has 0 N–H and O–H groups in total. The van der Waals surface area contributed by atoms with E-state index in [1.807, 2.05) is 60.7 Å². The molecule has 0 radical (unpaired) electrons. The van der Waals surface area contributed by atoms with Gasteiger partial charge in [0, 0.05) is 42.1 Å². The summed E-state index contributed by atoms with van der Waals surface area (Å²) in [6.07, 6.45) is 0. The van der Waals surface area contributed by atoms with Gasteiger partial charge in [0.05, 0.1) is 13.7 Å². The van der Waals surface area contributed by atoms with Crippen molar-refractivity contribution in [1.29, 1.82) is 0 Å². The van der Waals surface area contributed by atoms with Crippen LogP contribution in [0, 0.1) is 0 Å². The van der Waals surface area contributed by atoms with Gasteiger partial charge in [-0.3, -0.25) is 0 Å². The van der Waals surface area contributed by atoms with Crippen LogP contribution in [0.3, 0.4) is 0 Å². The van der Waals surface area contributed by atoms with Gasteiger partial charge in [-0.25, -0.2) is 0 Å². The van der Waals surface area contributed by atoms with E-state index in [-0.39, 0.29) is 22.3 Å². The van der Waals surface area contributed by atoms with Gasteiger partial charge in [-0.05, 0) is 80.6 Å². The summed E-state index contributed by atoms with van der Waals surface area (Å²) in [5.74, 6) is 0. The van der Waals surface area contributed by atoms with Crippen molar-refractivity contribution in [2.75, 3.05) is 0 Å². The number of hydrogen-bond donors (Lipinski definition) is 0. The number of fused-ring (bicyclic) bond motifs is 7. The monoisotopic (exact) mass is 638 g/mol. The van der Waals surface area contributed by atoms with E-state index in [4.69, 9.17) is 18.1 Å². The molecule has 0 saturated carbocycles. The van der Waals surface area contributed by atoms with E-state index in [2.05, 4.69) is 30.3 Å².